The number of thiazole rings is 1. The number of rotatable bonds is 3. The highest BCUT2D eigenvalue weighted by Crippen LogP contribution is 2.16. The molecule has 0 amide bonds. The third-order valence-electron chi connectivity index (χ3n) is 2.73. The molecule has 0 saturated carbocycles. The van der Waals surface area contributed by atoms with Crippen LogP contribution in [0.2, 0.25) is 0 Å². The Morgan fingerprint density at radius 2 is 2.47 bits per heavy atom. The second-order valence-electron chi connectivity index (χ2n) is 3.91. The fourth-order valence-electron chi connectivity index (χ4n) is 1.87. The first kappa shape index (κ1) is 12.9. The molecule has 1 aliphatic heterocycles. The van der Waals surface area contributed by atoms with Gasteiger partial charge in [0, 0.05) is 30.2 Å². The van der Waals surface area contributed by atoms with Crippen molar-refractivity contribution in [3.05, 3.63) is 16.1 Å². The summed E-state index contributed by atoms with van der Waals surface area (Å²) in [5, 5.41) is 4.56. The van der Waals surface area contributed by atoms with Crippen LogP contribution in [0.4, 0.5) is 0 Å². The van der Waals surface area contributed by atoms with Gasteiger partial charge in [-0.3, -0.25) is 4.90 Å². The minimum atomic E-state index is 0. The maximum atomic E-state index is 4.27. The molecule has 2 heterocycles. The lowest BCUT2D eigenvalue weighted by Crippen LogP contribution is -2.32. The second-order valence-corrected chi connectivity index (χ2v) is 5.23. The van der Waals surface area contributed by atoms with Gasteiger partial charge in [-0.05, 0) is 26.9 Å². The van der Waals surface area contributed by atoms with E-state index in [4.69, 9.17) is 0 Å². The van der Waals surface area contributed by atoms with Gasteiger partial charge in [0.05, 0.1) is 5.01 Å². The number of nitrogens with one attached hydrogen (secondary N) is 1. The molecule has 0 bridgehead atoms. The number of aromatic nitrogens is 1. The molecule has 15 heavy (non-hydrogen) atoms. The van der Waals surface area contributed by atoms with E-state index in [2.05, 4.69) is 29.2 Å². The average molecular weight is 248 g/mol. The van der Waals surface area contributed by atoms with E-state index in [0.29, 0.717) is 6.04 Å². The topological polar surface area (TPSA) is 28.2 Å². The van der Waals surface area contributed by atoms with Crippen molar-refractivity contribution in [2.45, 2.75) is 25.9 Å². The fourth-order valence-corrected chi connectivity index (χ4v) is 2.73. The molecule has 86 valence electrons. The monoisotopic (exact) mass is 247 g/mol. The van der Waals surface area contributed by atoms with E-state index in [9.17, 15) is 0 Å². The molecule has 2 rings (SSSR count). The second kappa shape index (κ2) is 5.80. The van der Waals surface area contributed by atoms with Crippen LogP contribution in [0.5, 0.6) is 0 Å². The molecule has 1 saturated heterocycles. The molecule has 1 atom stereocenters. The minimum Gasteiger partial charge on any atom is -0.315 e. The molecule has 1 aromatic rings. The summed E-state index contributed by atoms with van der Waals surface area (Å²) in [6, 6.07) is 0.706. The number of aryl methyl sites for hydroxylation is 1. The Bertz CT molecular complexity index is 297. The van der Waals surface area contributed by atoms with Gasteiger partial charge in [0.2, 0.25) is 0 Å². The van der Waals surface area contributed by atoms with Crippen molar-refractivity contribution >= 4 is 23.7 Å². The summed E-state index contributed by atoms with van der Waals surface area (Å²) in [5.41, 5.74) is 0. The van der Waals surface area contributed by atoms with Gasteiger partial charge in [0.15, 0.2) is 0 Å². The summed E-state index contributed by atoms with van der Waals surface area (Å²) >= 11 is 1.80. The van der Waals surface area contributed by atoms with Crippen molar-refractivity contribution < 1.29 is 0 Å². The Morgan fingerprint density at radius 1 is 1.67 bits per heavy atom. The summed E-state index contributed by atoms with van der Waals surface area (Å²) in [5.74, 6) is 0. The van der Waals surface area contributed by atoms with E-state index in [1.807, 2.05) is 6.20 Å². The van der Waals surface area contributed by atoms with Gasteiger partial charge in [-0.15, -0.1) is 23.7 Å². The molecule has 1 aromatic heterocycles. The highest BCUT2D eigenvalue weighted by atomic mass is 35.5. The van der Waals surface area contributed by atoms with Crippen LogP contribution in [0.15, 0.2) is 6.20 Å². The molecule has 1 fully saturated rings. The molecule has 5 heteroatoms. The Kier molecular flexibility index (Phi) is 4.99. The first-order chi connectivity index (χ1) is 6.75. The van der Waals surface area contributed by atoms with Gasteiger partial charge in [-0.2, -0.15) is 0 Å². The molecule has 0 aromatic carbocycles. The van der Waals surface area contributed by atoms with E-state index in [1.165, 1.54) is 11.3 Å². The van der Waals surface area contributed by atoms with Crippen LogP contribution < -0.4 is 5.32 Å². The number of likely N-dealkylation sites (N-methyl/N-ethyl adjacent to an activating group) is 1. The summed E-state index contributed by atoms with van der Waals surface area (Å²) < 4.78 is 0. The van der Waals surface area contributed by atoms with Crippen LogP contribution in [0, 0.1) is 6.92 Å². The lowest BCUT2D eigenvalue weighted by atomic mass is 10.2. The van der Waals surface area contributed by atoms with Gasteiger partial charge in [-0.25, -0.2) is 4.98 Å². The quantitative estimate of drug-likeness (QED) is 0.881. The van der Waals surface area contributed by atoms with Gasteiger partial charge in [0.25, 0.3) is 0 Å². The maximum Gasteiger partial charge on any atom is 0.0897 e. The lowest BCUT2D eigenvalue weighted by molar-refractivity contribution is 0.251. The molecule has 1 N–H and O–H groups in total. The molecule has 0 radical (unpaired) electrons. The zero-order chi connectivity index (χ0) is 9.97. The first-order valence-electron chi connectivity index (χ1n) is 5.08. The first-order valence-corrected chi connectivity index (χ1v) is 5.89. The van der Waals surface area contributed by atoms with Gasteiger partial charge in [0.1, 0.15) is 0 Å². The highest BCUT2D eigenvalue weighted by molar-refractivity contribution is 7.11. The van der Waals surface area contributed by atoms with Crippen LogP contribution in [0.1, 0.15) is 16.3 Å². The normalized spacial score (nSPS) is 20.6. The minimum absolute atomic E-state index is 0. The summed E-state index contributed by atoms with van der Waals surface area (Å²) in [6.45, 7) is 5.40. The van der Waals surface area contributed by atoms with E-state index in [-0.39, 0.29) is 12.4 Å². The summed E-state index contributed by atoms with van der Waals surface area (Å²) in [7, 11) is 2.20. The van der Waals surface area contributed by atoms with Crippen LogP contribution in [0.25, 0.3) is 0 Å². The summed E-state index contributed by atoms with van der Waals surface area (Å²) in [6.07, 6.45) is 3.27. The van der Waals surface area contributed by atoms with Gasteiger partial charge < -0.3 is 5.32 Å². The Morgan fingerprint density at radius 3 is 3.00 bits per heavy atom. The van der Waals surface area contributed by atoms with E-state index in [1.54, 1.807) is 11.3 Å². The zero-order valence-electron chi connectivity index (χ0n) is 9.19. The van der Waals surface area contributed by atoms with Crippen molar-refractivity contribution in [1.29, 1.82) is 0 Å². The van der Waals surface area contributed by atoms with Gasteiger partial charge >= 0.3 is 0 Å². The van der Waals surface area contributed by atoms with Crippen LogP contribution >= 0.6 is 23.7 Å². The number of halogens is 1. The predicted molar refractivity (Wildman–Crippen MR) is 66.8 cm³/mol. The Balaban J connectivity index is 0.00000112. The van der Waals surface area contributed by atoms with E-state index < -0.39 is 0 Å². The van der Waals surface area contributed by atoms with Crippen LogP contribution in [0.3, 0.4) is 0 Å². The maximum absolute atomic E-state index is 4.27. The lowest BCUT2D eigenvalue weighted by Gasteiger charge is -2.22. The van der Waals surface area contributed by atoms with Crippen molar-refractivity contribution in [1.82, 2.24) is 15.2 Å². The van der Waals surface area contributed by atoms with Crippen molar-refractivity contribution in [3.8, 4) is 0 Å². The third kappa shape index (κ3) is 3.41. The molecule has 0 spiro atoms. The third-order valence-corrected chi connectivity index (χ3v) is 3.63. The van der Waals surface area contributed by atoms with Crippen molar-refractivity contribution in [2.75, 3.05) is 20.1 Å². The number of hydrogen-bond acceptors (Lipinski definition) is 4. The van der Waals surface area contributed by atoms with E-state index >= 15 is 0 Å². The largest absolute Gasteiger partial charge is 0.315 e. The standard InChI is InChI=1S/C10H17N3S.ClH/c1-8-12-6-10(14-8)7-13(2)9-3-4-11-5-9;/h6,9,11H,3-5,7H2,1-2H3;1H. The molecular formula is C10H18ClN3S. The molecule has 1 aliphatic rings. The Hall–Kier alpha value is -0.160. The van der Waals surface area contributed by atoms with Crippen LogP contribution in [-0.4, -0.2) is 36.1 Å². The summed E-state index contributed by atoms with van der Waals surface area (Å²) in [4.78, 5) is 8.07. The highest BCUT2D eigenvalue weighted by Gasteiger charge is 2.19. The van der Waals surface area contributed by atoms with Crippen molar-refractivity contribution in [3.63, 3.8) is 0 Å². The molecular weight excluding hydrogens is 230 g/mol. The average Bonchev–Trinajstić information content (AvgIpc) is 2.75. The fraction of sp³-hybridized carbons (Fsp3) is 0.700. The molecule has 0 aliphatic carbocycles. The molecule has 1 unspecified atom stereocenters. The predicted octanol–water partition coefficient (Wildman–Crippen LogP) is 1.67. The molecule has 3 nitrogen and oxygen atoms in total. The van der Waals surface area contributed by atoms with Crippen molar-refractivity contribution in [2.24, 2.45) is 0 Å². The van der Waals surface area contributed by atoms with Gasteiger partial charge in [-0.1, -0.05) is 0 Å². The zero-order valence-corrected chi connectivity index (χ0v) is 10.8. The van der Waals surface area contributed by atoms with E-state index in [0.717, 1.165) is 24.6 Å². The number of hydrogen-bond donors (Lipinski definition) is 1. The SMILES string of the molecule is Cc1ncc(CN(C)C2CCNC2)s1.Cl. The smallest absolute Gasteiger partial charge is 0.0897 e. The van der Waals surface area contributed by atoms with Crippen LogP contribution in [-0.2, 0) is 6.54 Å². The Labute approximate surface area is 101 Å². The number of nitrogens with zero attached hydrogens (tertiary/aromatic N) is 2.